The Labute approximate surface area is 135 Å². The van der Waals surface area contributed by atoms with Gasteiger partial charge in [0.2, 0.25) is 5.82 Å². The molecule has 2 saturated heterocycles. The summed E-state index contributed by atoms with van der Waals surface area (Å²) in [5.74, 6) is -0.655. The van der Waals surface area contributed by atoms with E-state index in [0.29, 0.717) is 38.2 Å². The zero-order valence-corrected chi connectivity index (χ0v) is 13.9. The fourth-order valence-electron chi connectivity index (χ4n) is 2.96. The summed E-state index contributed by atoms with van der Waals surface area (Å²) in [6, 6.07) is 0. The molecule has 1 aromatic heterocycles. The van der Waals surface area contributed by atoms with Gasteiger partial charge in [-0.05, 0) is 25.7 Å². The Morgan fingerprint density at radius 3 is 2.70 bits per heavy atom. The molecule has 3 rings (SSSR count). The van der Waals surface area contributed by atoms with Gasteiger partial charge in [-0.15, -0.1) is 0 Å². The summed E-state index contributed by atoms with van der Waals surface area (Å²) in [5.41, 5.74) is 0.301. The lowest BCUT2D eigenvalue weighted by Gasteiger charge is -2.23. The van der Waals surface area contributed by atoms with Crippen molar-refractivity contribution >= 4 is 10.2 Å². The molecule has 3 heterocycles. The molecule has 0 aliphatic carbocycles. The Kier molecular flexibility index (Phi) is 4.79. The van der Waals surface area contributed by atoms with E-state index < -0.39 is 16.0 Å². The number of aryl methyl sites for hydroxylation is 1. The zero-order valence-electron chi connectivity index (χ0n) is 13.1. The Morgan fingerprint density at radius 1 is 1.26 bits per heavy atom. The van der Waals surface area contributed by atoms with Gasteiger partial charge >= 0.3 is 0 Å². The Balaban J connectivity index is 1.66. The molecule has 1 atom stereocenters. The minimum Gasteiger partial charge on any atom is -0.471 e. The van der Waals surface area contributed by atoms with E-state index in [-0.39, 0.29) is 18.5 Å². The first-order chi connectivity index (χ1) is 11.0. The lowest BCUT2D eigenvalue weighted by Crippen LogP contribution is -2.41. The lowest BCUT2D eigenvalue weighted by molar-refractivity contribution is 0.194. The second kappa shape index (κ2) is 6.66. The van der Waals surface area contributed by atoms with Crippen LogP contribution in [0.2, 0.25) is 0 Å². The number of ether oxygens (including phenoxy) is 1. The first-order valence-electron chi connectivity index (χ1n) is 7.93. The van der Waals surface area contributed by atoms with Gasteiger partial charge in [0, 0.05) is 19.6 Å². The third-order valence-electron chi connectivity index (χ3n) is 4.27. The predicted octanol–water partition coefficient (Wildman–Crippen LogP) is 0.972. The van der Waals surface area contributed by atoms with Crippen molar-refractivity contribution in [2.75, 3.05) is 26.2 Å². The minimum absolute atomic E-state index is 0.0951. The molecule has 0 amide bonds. The van der Waals surface area contributed by atoms with Crippen LogP contribution in [0, 0.1) is 5.82 Å². The highest BCUT2D eigenvalue weighted by atomic mass is 32.2. The van der Waals surface area contributed by atoms with Gasteiger partial charge in [-0.25, -0.2) is 4.98 Å². The second-order valence-corrected chi connectivity index (χ2v) is 7.72. The van der Waals surface area contributed by atoms with Crippen molar-refractivity contribution in [1.29, 1.82) is 0 Å². The number of nitrogens with zero attached hydrogens (tertiary/aromatic N) is 4. The molecule has 2 aliphatic rings. The summed E-state index contributed by atoms with van der Waals surface area (Å²) in [6.45, 7) is 3.56. The van der Waals surface area contributed by atoms with Gasteiger partial charge in [0.15, 0.2) is 0 Å². The van der Waals surface area contributed by atoms with Crippen LogP contribution in [0.5, 0.6) is 5.88 Å². The van der Waals surface area contributed by atoms with Crippen molar-refractivity contribution in [3.63, 3.8) is 0 Å². The molecule has 2 aliphatic heterocycles. The summed E-state index contributed by atoms with van der Waals surface area (Å²) in [4.78, 5) is 7.69. The monoisotopic (exact) mass is 344 g/mol. The van der Waals surface area contributed by atoms with E-state index in [2.05, 4.69) is 9.97 Å². The van der Waals surface area contributed by atoms with Gasteiger partial charge < -0.3 is 4.74 Å². The first kappa shape index (κ1) is 16.5. The van der Waals surface area contributed by atoms with Crippen LogP contribution in [-0.4, -0.2) is 59.3 Å². The predicted molar refractivity (Wildman–Crippen MR) is 81.7 cm³/mol. The molecule has 23 heavy (non-hydrogen) atoms. The van der Waals surface area contributed by atoms with E-state index >= 15 is 0 Å². The number of halogens is 1. The van der Waals surface area contributed by atoms with E-state index in [1.54, 1.807) is 6.92 Å². The fourth-order valence-corrected chi connectivity index (χ4v) is 4.70. The maximum atomic E-state index is 14.1. The highest BCUT2D eigenvalue weighted by molar-refractivity contribution is 7.86. The van der Waals surface area contributed by atoms with Crippen LogP contribution in [0.3, 0.4) is 0 Å². The van der Waals surface area contributed by atoms with Crippen LogP contribution < -0.4 is 4.74 Å². The van der Waals surface area contributed by atoms with Gasteiger partial charge in [-0.1, -0.05) is 6.92 Å². The second-order valence-electron chi connectivity index (χ2n) is 5.79. The molecule has 7 nitrogen and oxygen atoms in total. The standard InChI is InChI=1S/C14H21FN4O3S/c1-2-12-13(15)14(17-10-16-12)22-11-5-8-19(9-11)23(20,21)18-6-3-4-7-18/h10-11H,2-9H2,1H3. The van der Waals surface area contributed by atoms with Gasteiger partial charge in [-0.3, -0.25) is 0 Å². The quantitative estimate of drug-likeness (QED) is 0.796. The molecular formula is C14H21FN4O3S. The minimum atomic E-state index is -3.43. The average molecular weight is 344 g/mol. The van der Waals surface area contributed by atoms with E-state index in [9.17, 15) is 12.8 Å². The van der Waals surface area contributed by atoms with Crippen LogP contribution >= 0.6 is 0 Å². The van der Waals surface area contributed by atoms with E-state index in [0.717, 1.165) is 12.8 Å². The summed E-state index contributed by atoms with van der Waals surface area (Å²) in [7, 11) is -3.43. The third kappa shape index (κ3) is 3.31. The van der Waals surface area contributed by atoms with Crippen molar-refractivity contribution in [3.05, 3.63) is 17.8 Å². The molecule has 0 aromatic carbocycles. The Bertz CT molecular complexity index is 664. The molecule has 0 saturated carbocycles. The zero-order chi connectivity index (χ0) is 16.4. The summed E-state index contributed by atoms with van der Waals surface area (Å²) in [6.07, 6.45) is 3.66. The van der Waals surface area contributed by atoms with Gasteiger partial charge in [-0.2, -0.15) is 26.4 Å². The molecule has 0 radical (unpaired) electrons. The largest absolute Gasteiger partial charge is 0.471 e. The van der Waals surface area contributed by atoms with E-state index in [4.69, 9.17) is 4.74 Å². The van der Waals surface area contributed by atoms with Crippen molar-refractivity contribution in [2.45, 2.75) is 38.7 Å². The van der Waals surface area contributed by atoms with Crippen LogP contribution in [0.1, 0.15) is 31.9 Å². The molecule has 2 fully saturated rings. The Morgan fingerprint density at radius 2 is 2.00 bits per heavy atom. The summed E-state index contributed by atoms with van der Waals surface area (Å²) < 4.78 is 47.6. The van der Waals surface area contributed by atoms with Crippen molar-refractivity contribution in [1.82, 2.24) is 18.6 Å². The third-order valence-corrected chi connectivity index (χ3v) is 6.27. The van der Waals surface area contributed by atoms with Crippen molar-refractivity contribution in [3.8, 4) is 5.88 Å². The molecular weight excluding hydrogens is 323 g/mol. The first-order valence-corrected chi connectivity index (χ1v) is 9.33. The normalized spacial score (nSPS) is 23.5. The lowest BCUT2D eigenvalue weighted by atomic mass is 10.3. The SMILES string of the molecule is CCc1ncnc(OC2CCN(S(=O)(=O)N3CCCC3)C2)c1F. The smallest absolute Gasteiger partial charge is 0.282 e. The number of aromatic nitrogens is 2. The van der Waals surface area contributed by atoms with Gasteiger partial charge in [0.05, 0.1) is 12.2 Å². The molecule has 9 heteroatoms. The molecule has 1 unspecified atom stereocenters. The topological polar surface area (TPSA) is 75.6 Å². The highest BCUT2D eigenvalue weighted by Crippen LogP contribution is 2.24. The van der Waals surface area contributed by atoms with Crippen LogP contribution in [0.15, 0.2) is 6.33 Å². The molecule has 1 aromatic rings. The molecule has 0 spiro atoms. The Hall–Kier alpha value is -1.32. The highest BCUT2D eigenvalue weighted by Gasteiger charge is 2.37. The van der Waals surface area contributed by atoms with E-state index in [1.165, 1.54) is 14.9 Å². The number of hydrogen-bond acceptors (Lipinski definition) is 5. The van der Waals surface area contributed by atoms with E-state index in [1.807, 2.05) is 0 Å². The van der Waals surface area contributed by atoms with Crippen LogP contribution in [0.25, 0.3) is 0 Å². The summed E-state index contributed by atoms with van der Waals surface area (Å²) in [5, 5.41) is 0. The summed E-state index contributed by atoms with van der Waals surface area (Å²) >= 11 is 0. The van der Waals surface area contributed by atoms with Crippen LogP contribution in [-0.2, 0) is 16.6 Å². The van der Waals surface area contributed by atoms with Crippen molar-refractivity contribution < 1.29 is 17.5 Å². The van der Waals surface area contributed by atoms with Crippen molar-refractivity contribution in [2.24, 2.45) is 0 Å². The number of rotatable bonds is 5. The fraction of sp³-hybridized carbons (Fsp3) is 0.714. The molecule has 128 valence electrons. The maximum Gasteiger partial charge on any atom is 0.282 e. The molecule has 0 bridgehead atoms. The van der Waals surface area contributed by atoms with Gasteiger partial charge in [0.1, 0.15) is 12.4 Å². The van der Waals surface area contributed by atoms with Crippen LogP contribution in [0.4, 0.5) is 4.39 Å². The number of hydrogen-bond donors (Lipinski definition) is 0. The molecule has 0 N–H and O–H groups in total. The maximum absolute atomic E-state index is 14.1. The average Bonchev–Trinajstić information content (AvgIpc) is 3.21. The van der Waals surface area contributed by atoms with Gasteiger partial charge in [0.25, 0.3) is 16.1 Å².